The number of carboxylic acid groups (broad SMARTS) is 1. The van der Waals surface area contributed by atoms with Crippen molar-refractivity contribution >= 4 is 11.9 Å². The van der Waals surface area contributed by atoms with Crippen molar-refractivity contribution in [3.8, 4) is 5.75 Å². The summed E-state index contributed by atoms with van der Waals surface area (Å²) in [4.78, 5) is 22.7. The van der Waals surface area contributed by atoms with Gasteiger partial charge < -0.3 is 9.84 Å². The van der Waals surface area contributed by atoms with E-state index in [4.69, 9.17) is 9.84 Å². The molecule has 0 atom stereocenters. The highest BCUT2D eigenvalue weighted by atomic mass is 16.5. The number of benzene rings is 2. The van der Waals surface area contributed by atoms with Crippen molar-refractivity contribution in [2.24, 2.45) is 0 Å². The molecule has 0 aromatic heterocycles. The molecule has 0 spiro atoms. The van der Waals surface area contributed by atoms with Gasteiger partial charge in [-0.1, -0.05) is 30.3 Å². The van der Waals surface area contributed by atoms with Gasteiger partial charge in [0.05, 0.1) is 5.56 Å². The number of carbonyl (C=O) groups excluding carboxylic acids is 1. The maximum Gasteiger partial charge on any atom is 0.343 e. The Morgan fingerprint density at radius 1 is 0.889 bits per heavy atom. The molecule has 1 N–H and O–H groups in total. The van der Waals surface area contributed by atoms with E-state index in [1.54, 1.807) is 42.5 Å². The lowest BCUT2D eigenvalue weighted by Gasteiger charge is -2.06. The zero-order valence-electron chi connectivity index (χ0n) is 9.37. The molecular formula is C14H10O4. The number of hydrogen-bond donors (Lipinski definition) is 1. The second-order valence-corrected chi connectivity index (χ2v) is 3.56. The summed E-state index contributed by atoms with van der Waals surface area (Å²) in [5, 5.41) is 8.96. The van der Waals surface area contributed by atoms with Crippen molar-refractivity contribution in [1.29, 1.82) is 0 Å². The lowest BCUT2D eigenvalue weighted by Crippen LogP contribution is -2.11. The summed E-state index contributed by atoms with van der Waals surface area (Å²) in [6.07, 6.45) is 0. The molecule has 0 heterocycles. The molecule has 0 bridgehead atoms. The molecule has 0 radical (unpaired) electrons. The highest BCUT2D eigenvalue weighted by molar-refractivity contribution is 5.95. The monoisotopic (exact) mass is 242 g/mol. The van der Waals surface area contributed by atoms with Crippen molar-refractivity contribution < 1.29 is 19.4 Å². The first-order valence-electron chi connectivity index (χ1n) is 5.28. The molecule has 0 saturated carbocycles. The summed E-state index contributed by atoms with van der Waals surface area (Å²) in [5.41, 5.74) is 0.333. The van der Waals surface area contributed by atoms with Gasteiger partial charge in [-0.05, 0) is 24.3 Å². The lowest BCUT2D eigenvalue weighted by molar-refractivity contribution is 0.0681. The van der Waals surface area contributed by atoms with Crippen LogP contribution in [0.25, 0.3) is 0 Å². The van der Waals surface area contributed by atoms with Crippen LogP contribution >= 0.6 is 0 Å². The lowest BCUT2D eigenvalue weighted by atomic mass is 10.2. The van der Waals surface area contributed by atoms with E-state index in [1.165, 1.54) is 12.1 Å². The molecule has 0 unspecified atom stereocenters. The quantitative estimate of drug-likeness (QED) is 0.663. The molecule has 0 amide bonds. The Kier molecular flexibility index (Phi) is 3.38. The molecule has 0 aliphatic heterocycles. The maximum absolute atomic E-state index is 11.8. The van der Waals surface area contributed by atoms with Gasteiger partial charge in [-0.2, -0.15) is 0 Å². The predicted octanol–water partition coefficient (Wildman–Crippen LogP) is 2.60. The Morgan fingerprint density at radius 2 is 1.50 bits per heavy atom. The molecule has 2 rings (SSSR count). The first-order chi connectivity index (χ1) is 8.68. The summed E-state index contributed by atoms with van der Waals surface area (Å²) in [6.45, 7) is 0. The van der Waals surface area contributed by atoms with Gasteiger partial charge in [0.15, 0.2) is 0 Å². The number of ether oxygens (including phenoxy) is 1. The van der Waals surface area contributed by atoms with E-state index in [0.717, 1.165) is 0 Å². The van der Waals surface area contributed by atoms with Crippen LogP contribution in [-0.4, -0.2) is 17.0 Å². The van der Waals surface area contributed by atoms with Crippen molar-refractivity contribution in [2.45, 2.75) is 0 Å². The summed E-state index contributed by atoms with van der Waals surface area (Å²) in [7, 11) is 0. The Balaban J connectivity index is 2.25. The summed E-state index contributed by atoms with van der Waals surface area (Å²) < 4.78 is 5.07. The fraction of sp³-hybridized carbons (Fsp3) is 0. The second-order valence-electron chi connectivity index (χ2n) is 3.56. The van der Waals surface area contributed by atoms with Crippen LogP contribution in [0.15, 0.2) is 54.6 Å². The van der Waals surface area contributed by atoms with Crippen LogP contribution in [0.1, 0.15) is 20.7 Å². The third-order valence-electron chi connectivity index (χ3n) is 2.33. The van der Waals surface area contributed by atoms with E-state index in [9.17, 15) is 9.59 Å². The summed E-state index contributed by atoms with van der Waals surface area (Å²) >= 11 is 0. The molecule has 18 heavy (non-hydrogen) atoms. The zero-order chi connectivity index (χ0) is 13.0. The van der Waals surface area contributed by atoms with Gasteiger partial charge in [-0.25, -0.2) is 9.59 Å². The average molecular weight is 242 g/mol. The number of para-hydroxylation sites is 1. The van der Waals surface area contributed by atoms with E-state index in [-0.39, 0.29) is 11.3 Å². The highest BCUT2D eigenvalue weighted by Crippen LogP contribution is 2.19. The van der Waals surface area contributed by atoms with Crippen LogP contribution in [0, 0.1) is 0 Å². The van der Waals surface area contributed by atoms with E-state index in [0.29, 0.717) is 5.56 Å². The fourth-order valence-electron chi connectivity index (χ4n) is 1.47. The normalized spacial score (nSPS) is 9.78. The Morgan fingerprint density at radius 3 is 2.17 bits per heavy atom. The standard InChI is InChI=1S/C14H10O4/c15-13(16)11-8-4-5-9-12(11)18-14(17)10-6-2-1-3-7-10/h1-9H,(H,15,16). The van der Waals surface area contributed by atoms with Crippen LogP contribution in [0.2, 0.25) is 0 Å². The predicted molar refractivity (Wildman–Crippen MR) is 64.8 cm³/mol. The van der Waals surface area contributed by atoms with Gasteiger partial charge in [-0.3, -0.25) is 0 Å². The topological polar surface area (TPSA) is 63.6 Å². The van der Waals surface area contributed by atoms with E-state index in [2.05, 4.69) is 0 Å². The van der Waals surface area contributed by atoms with E-state index < -0.39 is 11.9 Å². The average Bonchev–Trinajstić information content (AvgIpc) is 2.40. The summed E-state index contributed by atoms with van der Waals surface area (Å²) in [5.74, 6) is -1.67. The highest BCUT2D eigenvalue weighted by Gasteiger charge is 2.14. The molecule has 0 aliphatic carbocycles. The fourth-order valence-corrected chi connectivity index (χ4v) is 1.47. The second kappa shape index (κ2) is 5.14. The molecular weight excluding hydrogens is 232 g/mol. The Bertz CT molecular complexity index is 575. The Hall–Kier alpha value is -2.62. The minimum atomic E-state index is -1.13. The van der Waals surface area contributed by atoms with Gasteiger partial charge in [0, 0.05) is 0 Å². The van der Waals surface area contributed by atoms with Gasteiger partial charge in [0.25, 0.3) is 0 Å². The number of carboxylic acids is 1. The number of carbonyl (C=O) groups is 2. The maximum atomic E-state index is 11.8. The molecule has 2 aromatic rings. The van der Waals surface area contributed by atoms with Crippen LogP contribution in [0.5, 0.6) is 5.75 Å². The number of aromatic carboxylic acids is 1. The number of hydrogen-bond acceptors (Lipinski definition) is 3. The number of esters is 1. The third kappa shape index (κ3) is 2.55. The first kappa shape index (κ1) is 11.9. The van der Waals surface area contributed by atoms with Gasteiger partial charge >= 0.3 is 11.9 Å². The molecule has 4 nitrogen and oxygen atoms in total. The number of rotatable bonds is 3. The van der Waals surface area contributed by atoms with Crippen LogP contribution in [0.4, 0.5) is 0 Å². The van der Waals surface area contributed by atoms with E-state index in [1.807, 2.05) is 0 Å². The van der Waals surface area contributed by atoms with Crippen molar-refractivity contribution in [3.63, 3.8) is 0 Å². The third-order valence-corrected chi connectivity index (χ3v) is 2.33. The first-order valence-corrected chi connectivity index (χ1v) is 5.28. The van der Waals surface area contributed by atoms with E-state index >= 15 is 0 Å². The zero-order valence-corrected chi connectivity index (χ0v) is 9.37. The molecule has 0 fully saturated rings. The largest absolute Gasteiger partial charge is 0.478 e. The minimum absolute atomic E-state index is 0.0400. The smallest absolute Gasteiger partial charge is 0.343 e. The molecule has 90 valence electrons. The van der Waals surface area contributed by atoms with Crippen molar-refractivity contribution in [1.82, 2.24) is 0 Å². The summed E-state index contributed by atoms with van der Waals surface area (Å²) in [6, 6.07) is 14.4. The minimum Gasteiger partial charge on any atom is -0.478 e. The van der Waals surface area contributed by atoms with Crippen LogP contribution in [-0.2, 0) is 0 Å². The van der Waals surface area contributed by atoms with Gasteiger partial charge in [0.1, 0.15) is 11.3 Å². The van der Waals surface area contributed by atoms with Gasteiger partial charge in [-0.15, -0.1) is 0 Å². The SMILES string of the molecule is O=C(Oc1ccccc1C(=O)O)c1ccccc1. The Labute approximate surface area is 103 Å². The van der Waals surface area contributed by atoms with Gasteiger partial charge in [0.2, 0.25) is 0 Å². The van der Waals surface area contributed by atoms with Crippen LogP contribution < -0.4 is 4.74 Å². The van der Waals surface area contributed by atoms with Crippen molar-refractivity contribution in [2.75, 3.05) is 0 Å². The van der Waals surface area contributed by atoms with Crippen molar-refractivity contribution in [3.05, 3.63) is 65.7 Å². The molecule has 2 aromatic carbocycles. The molecule has 0 aliphatic rings. The molecule has 0 saturated heterocycles. The van der Waals surface area contributed by atoms with Crippen LogP contribution in [0.3, 0.4) is 0 Å². The molecule has 4 heteroatoms.